The van der Waals surface area contributed by atoms with Crippen LogP contribution < -0.4 is 0 Å². The molecule has 0 aliphatic carbocycles. The van der Waals surface area contributed by atoms with Gasteiger partial charge in [-0.3, -0.25) is 14.5 Å². The van der Waals surface area contributed by atoms with Crippen LogP contribution in [0.5, 0.6) is 0 Å². The van der Waals surface area contributed by atoms with Crippen molar-refractivity contribution >= 4 is 11.8 Å². The third-order valence-electron chi connectivity index (χ3n) is 2.63. The fourth-order valence-electron chi connectivity index (χ4n) is 1.76. The molecule has 1 aliphatic heterocycles. The maximum atomic E-state index is 11.6. The number of carbonyl (C=O) groups excluding carboxylic acids is 2. The summed E-state index contributed by atoms with van der Waals surface area (Å²) in [4.78, 5) is 24.8. The summed E-state index contributed by atoms with van der Waals surface area (Å²) < 4.78 is 10.1. The Labute approximate surface area is 102 Å². The molecule has 1 heterocycles. The van der Waals surface area contributed by atoms with Crippen LogP contribution in [0.2, 0.25) is 0 Å². The van der Waals surface area contributed by atoms with Crippen molar-refractivity contribution < 1.29 is 19.1 Å². The molecule has 0 aromatic rings. The van der Waals surface area contributed by atoms with Gasteiger partial charge in [0.25, 0.3) is 0 Å². The molecule has 0 unspecified atom stereocenters. The molecule has 0 amide bonds. The smallest absolute Gasteiger partial charge is 0.306 e. The van der Waals surface area contributed by atoms with Gasteiger partial charge in [-0.2, -0.15) is 0 Å². The summed E-state index contributed by atoms with van der Waals surface area (Å²) in [5, 5.41) is 0. The molecular formula is C12H21NO4. The molecule has 17 heavy (non-hydrogen) atoms. The first-order valence-electron chi connectivity index (χ1n) is 6.19. The molecule has 98 valence electrons. The van der Waals surface area contributed by atoms with E-state index in [1.165, 1.54) is 0 Å². The van der Waals surface area contributed by atoms with E-state index in [1.54, 1.807) is 6.92 Å². The Morgan fingerprint density at radius 3 is 2.82 bits per heavy atom. The van der Waals surface area contributed by atoms with Crippen molar-refractivity contribution in [2.75, 3.05) is 39.5 Å². The summed E-state index contributed by atoms with van der Waals surface area (Å²) in [5.74, 6) is -0.194. The van der Waals surface area contributed by atoms with Gasteiger partial charge in [-0.25, -0.2) is 0 Å². The van der Waals surface area contributed by atoms with E-state index in [4.69, 9.17) is 9.47 Å². The van der Waals surface area contributed by atoms with Gasteiger partial charge in [0.05, 0.1) is 26.2 Å². The average Bonchev–Trinajstić information content (AvgIpc) is 2.55. The summed E-state index contributed by atoms with van der Waals surface area (Å²) in [7, 11) is 0. The molecule has 1 rings (SSSR count). The summed E-state index contributed by atoms with van der Waals surface area (Å²) in [6, 6.07) is 0. The largest absolute Gasteiger partial charge is 0.466 e. The van der Waals surface area contributed by atoms with Crippen LogP contribution in [0.4, 0.5) is 0 Å². The molecule has 0 N–H and O–H groups in total. The number of ether oxygens (including phenoxy) is 2. The molecule has 1 saturated heterocycles. The van der Waals surface area contributed by atoms with Crippen molar-refractivity contribution in [1.82, 2.24) is 4.90 Å². The van der Waals surface area contributed by atoms with Crippen LogP contribution >= 0.6 is 0 Å². The Balaban J connectivity index is 2.17. The minimum absolute atomic E-state index is 0.0972. The van der Waals surface area contributed by atoms with Gasteiger partial charge in [0, 0.05) is 26.1 Å². The van der Waals surface area contributed by atoms with E-state index in [0.29, 0.717) is 19.8 Å². The van der Waals surface area contributed by atoms with E-state index in [-0.39, 0.29) is 24.6 Å². The van der Waals surface area contributed by atoms with Crippen molar-refractivity contribution in [3.63, 3.8) is 0 Å². The summed E-state index contributed by atoms with van der Waals surface area (Å²) >= 11 is 0. The van der Waals surface area contributed by atoms with Gasteiger partial charge in [-0.05, 0) is 13.3 Å². The van der Waals surface area contributed by atoms with Gasteiger partial charge < -0.3 is 9.47 Å². The molecule has 1 aliphatic rings. The van der Waals surface area contributed by atoms with Crippen molar-refractivity contribution in [1.29, 1.82) is 0 Å². The van der Waals surface area contributed by atoms with Gasteiger partial charge in [-0.15, -0.1) is 0 Å². The lowest BCUT2D eigenvalue weighted by Crippen LogP contribution is -2.32. The molecule has 0 radical (unpaired) electrons. The molecule has 5 heteroatoms. The Bertz CT molecular complexity index is 247. The standard InChI is InChI=1S/C12H21NO4/c1-2-17-12(15)5-4-11(14)10-13-6-3-8-16-9-7-13/h2-10H2,1H3. The Kier molecular flexibility index (Phi) is 6.81. The van der Waals surface area contributed by atoms with Crippen LogP contribution in [0, 0.1) is 0 Å². The maximum Gasteiger partial charge on any atom is 0.306 e. The van der Waals surface area contributed by atoms with E-state index < -0.39 is 0 Å². The van der Waals surface area contributed by atoms with Crippen molar-refractivity contribution in [2.45, 2.75) is 26.2 Å². The average molecular weight is 243 g/mol. The lowest BCUT2D eigenvalue weighted by molar-refractivity contribution is -0.144. The van der Waals surface area contributed by atoms with Gasteiger partial charge in [0.15, 0.2) is 0 Å². The monoisotopic (exact) mass is 243 g/mol. The van der Waals surface area contributed by atoms with Crippen LogP contribution in [-0.4, -0.2) is 56.1 Å². The first kappa shape index (κ1) is 14.1. The minimum atomic E-state index is -0.292. The van der Waals surface area contributed by atoms with E-state index in [9.17, 15) is 9.59 Å². The number of ketones is 1. The molecule has 1 fully saturated rings. The van der Waals surface area contributed by atoms with Crippen molar-refractivity contribution in [2.24, 2.45) is 0 Å². The van der Waals surface area contributed by atoms with E-state index in [0.717, 1.165) is 26.1 Å². The van der Waals surface area contributed by atoms with Crippen molar-refractivity contribution in [3.8, 4) is 0 Å². The van der Waals surface area contributed by atoms with E-state index in [2.05, 4.69) is 4.90 Å². The molecule has 0 atom stereocenters. The third kappa shape index (κ3) is 6.38. The van der Waals surface area contributed by atoms with Gasteiger partial charge in [-0.1, -0.05) is 0 Å². The zero-order valence-corrected chi connectivity index (χ0v) is 10.4. The SMILES string of the molecule is CCOC(=O)CCC(=O)CN1CCCOCC1. The molecule has 0 saturated carbocycles. The number of hydrogen-bond acceptors (Lipinski definition) is 5. The molecule has 0 bridgehead atoms. The summed E-state index contributed by atoms with van der Waals surface area (Å²) in [6.45, 7) is 5.70. The Hall–Kier alpha value is -0.940. The highest BCUT2D eigenvalue weighted by Gasteiger charge is 2.14. The normalized spacial score (nSPS) is 17.5. The van der Waals surface area contributed by atoms with Crippen LogP contribution in [0.1, 0.15) is 26.2 Å². The van der Waals surface area contributed by atoms with Gasteiger partial charge in [0.1, 0.15) is 5.78 Å². The zero-order chi connectivity index (χ0) is 12.5. The highest BCUT2D eigenvalue weighted by molar-refractivity contribution is 5.84. The quantitative estimate of drug-likeness (QED) is 0.640. The fourth-order valence-corrected chi connectivity index (χ4v) is 1.76. The predicted molar refractivity (Wildman–Crippen MR) is 62.8 cm³/mol. The lowest BCUT2D eigenvalue weighted by atomic mass is 10.2. The summed E-state index contributed by atoms with van der Waals surface area (Å²) in [6.07, 6.45) is 1.43. The molecular weight excluding hydrogens is 222 g/mol. The predicted octanol–water partition coefficient (Wildman–Crippen LogP) is 0.621. The number of nitrogens with zero attached hydrogens (tertiary/aromatic N) is 1. The first-order chi connectivity index (χ1) is 8.22. The molecule has 0 spiro atoms. The van der Waals surface area contributed by atoms with Gasteiger partial charge >= 0.3 is 5.97 Å². The van der Waals surface area contributed by atoms with Crippen LogP contribution in [0.3, 0.4) is 0 Å². The third-order valence-corrected chi connectivity index (χ3v) is 2.63. The van der Waals surface area contributed by atoms with E-state index in [1.807, 2.05) is 0 Å². The van der Waals surface area contributed by atoms with Crippen LogP contribution in [-0.2, 0) is 19.1 Å². The van der Waals surface area contributed by atoms with Crippen LogP contribution in [0.25, 0.3) is 0 Å². The number of esters is 1. The fraction of sp³-hybridized carbons (Fsp3) is 0.833. The van der Waals surface area contributed by atoms with Gasteiger partial charge in [0.2, 0.25) is 0 Å². The summed E-state index contributed by atoms with van der Waals surface area (Å²) in [5.41, 5.74) is 0. The number of rotatable bonds is 6. The topological polar surface area (TPSA) is 55.8 Å². The second-order valence-corrected chi connectivity index (χ2v) is 4.09. The minimum Gasteiger partial charge on any atom is -0.466 e. The van der Waals surface area contributed by atoms with Crippen molar-refractivity contribution in [3.05, 3.63) is 0 Å². The zero-order valence-electron chi connectivity index (χ0n) is 10.4. The van der Waals surface area contributed by atoms with Crippen LogP contribution in [0.15, 0.2) is 0 Å². The number of carbonyl (C=O) groups is 2. The highest BCUT2D eigenvalue weighted by Crippen LogP contribution is 2.01. The highest BCUT2D eigenvalue weighted by atomic mass is 16.5. The molecule has 0 aromatic heterocycles. The Morgan fingerprint density at radius 1 is 1.24 bits per heavy atom. The van der Waals surface area contributed by atoms with E-state index >= 15 is 0 Å². The maximum absolute atomic E-state index is 11.6. The first-order valence-corrected chi connectivity index (χ1v) is 6.19. The second kappa shape index (κ2) is 8.20. The molecule has 5 nitrogen and oxygen atoms in total. The lowest BCUT2D eigenvalue weighted by Gasteiger charge is -2.17. The number of hydrogen-bond donors (Lipinski definition) is 0. The Morgan fingerprint density at radius 2 is 2.06 bits per heavy atom. The molecule has 0 aromatic carbocycles. The number of Topliss-reactive ketones (excluding diaryl/α,β-unsaturated/α-hetero) is 1. The second-order valence-electron chi connectivity index (χ2n) is 4.09.